The fourth-order valence-electron chi connectivity index (χ4n) is 0. The van der Waals surface area contributed by atoms with Gasteiger partial charge in [-0.3, -0.25) is 0 Å². The predicted octanol–water partition coefficient (Wildman–Crippen LogP) is -11.6. The zero-order valence-electron chi connectivity index (χ0n) is 7.72. The van der Waals surface area contributed by atoms with Gasteiger partial charge < -0.3 is 24.4 Å². The average Bonchev–Trinajstić information content (AvgIpc) is 1.61. The average molecular weight is 236 g/mol. The molecule has 0 spiro atoms. The predicted molar refractivity (Wildman–Crippen MR) is 25.4 cm³/mol. The minimum atomic E-state index is -5.39. The number of hydrogen-bond acceptors (Lipinski definition) is 5. The quantitative estimate of drug-likeness (QED) is 0.274. The smallest absolute Gasteiger partial charge is 0.822 e. The Morgan fingerprint density at radius 3 is 1.31 bits per heavy atom. The first-order valence-corrected chi connectivity index (χ1v) is 3.32. The fourth-order valence-corrected chi connectivity index (χ4v) is 0. The van der Waals surface area contributed by atoms with Crippen molar-refractivity contribution in [1.82, 2.24) is 0 Å². The number of hydrogen-bond donors (Lipinski definition) is 1. The van der Waals surface area contributed by atoms with Crippen LogP contribution in [0.2, 0.25) is 0 Å². The fraction of sp³-hybridized carbons (Fsp3) is 0. The number of carboxylic acids is 1. The van der Waals surface area contributed by atoms with Crippen LogP contribution >= 0.6 is 7.82 Å². The van der Waals surface area contributed by atoms with Crippen LogP contribution in [0.1, 0.15) is 0 Å². The van der Waals surface area contributed by atoms with Crippen LogP contribution in [0.15, 0.2) is 12.7 Å². The van der Waals surface area contributed by atoms with E-state index in [1.54, 1.807) is 0 Å². The first-order chi connectivity index (χ1) is 4.27. The Morgan fingerprint density at radius 1 is 1.23 bits per heavy atom. The van der Waals surface area contributed by atoms with Crippen LogP contribution < -0.4 is 103 Å². The molecular formula is C3H4Na3O6P. The third-order valence-corrected chi connectivity index (χ3v) is 0.175. The molecule has 0 atom stereocenters. The topological polar surface area (TPSA) is 124 Å². The van der Waals surface area contributed by atoms with Crippen LogP contribution in [0, 0.1) is 0 Å². The van der Waals surface area contributed by atoms with E-state index in [1.807, 2.05) is 0 Å². The van der Waals surface area contributed by atoms with Gasteiger partial charge >= 0.3 is 94.6 Å². The van der Waals surface area contributed by atoms with E-state index in [4.69, 9.17) is 24.4 Å². The van der Waals surface area contributed by atoms with E-state index in [9.17, 15) is 4.79 Å². The molecule has 0 rings (SSSR count). The van der Waals surface area contributed by atoms with E-state index >= 15 is 0 Å². The molecule has 0 bridgehead atoms. The van der Waals surface area contributed by atoms with E-state index in [1.165, 1.54) is 0 Å². The number of phosphoric acid groups is 1. The van der Waals surface area contributed by atoms with E-state index in [0.717, 1.165) is 6.08 Å². The standard InChI is InChI=1S/C3H4O2.3Na.H3O4P/c1-2-3(4)5;;;;1-5(2,3)4/h2H,1H2,(H,4,5);;;;(H3,1,2,3,4)/q;3*+1;/p-3. The summed E-state index contributed by atoms with van der Waals surface area (Å²) in [6, 6.07) is 0. The third-order valence-electron chi connectivity index (χ3n) is 0.175. The van der Waals surface area contributed by atoms with Gasteiger partial charge in [-0.15, -0.1) is 0 Å². The minimum Gasteiger partial charge on any atom is -0.822 e. The Bertz CT molecular complexity index is 158. The minimum absolute atomic E-state index is 0. The summed E-state index contributed by atoms with van der Waals surface area (Å²) < 4.78 is 8.55. The van der Waals surface area contributed by atoms with Gasteiger partial charge in [0.2, 0.25) is 0 Å². The number of carbonyl (C=O) groups is 1. The SMILES string of the molecule is C=CC(=O)O.O=P([O-])([O-])[O-].[Na+].[Na+].[Na+]. The molecule has 0 saturated carbocycles. The van der Waals surface area contributed by atoms with Gasteiger partial charge in [0.15, 0.2) is 0 Å². The summed E-state index contributed by atoms with van der Waals surface area (Å²) in [6.45, 7) is 2.96. The summed E-state index contributed by atoms with van der Waals surface area (Å²) in [5, 5.41) is 7.60. The maximum Gasteiger partial charge on any atom is 1.00 e. The maximum atomic E-state index is 9.25. The molecule has 0 fully saturated rings. The van der Waals surface area contributed by atoms with E-state index in [0.29, 0.717) is 0 Å². The zero-order chi connectivity index (χ0) is 8.78. The van der Waals surface area contributed by atoms with Crippen molar-refractivity contribution < 1.29 is 118 Å². The second-order valence-electron chi connectivity index (χ2n) is 0.990. The molecule has 13 heavy (non-hydrogen) atoms. The Kier molecular flexibility index (Phi) is 38.0. The van der Waals surface area contributed by atoms with Crippen molar-refractivity contribution in [2.24, 2.45) is 0 Å². The summed E-state index contributed by atoms with van der Waals surface area (Å²) in [5.74, 6) is -0.981. The molecule has 1 N–H and O–H groups in total. The van der Waals surface area contributed by atoms with Gasteiger partial charge in [-0.2, -0.15) is 7.82 Å². The molecule has 0 aliphatic carbocycles. The van der Waals surface area contributed by atoms with Crippen molar-refractivity contribution in [2.75, 3.05) is 0 Å². The Labute approximate surface area is 142 Å². The summed E-state index contributed by atoms with van der Waals surface area (Å²) in [5.41, 5.74) is 0. The van der Waals surface area contributed by atoms with Gasteiger partial charge in [0.25, 0.3) is 0 Å². The molecule has 0 heterocycles. The van der Waals surface area contributed by atoms with Crippen LogP contribution in [-0.2, 0) is 9.36 Å². The molecule has 10 heteroatoms. The molecule has 0 amide bonds. The van der Waals surface area contributed by atoms with E-state index in [-0.39, 0.29) is 88.7 Å². The largest absolute Gasteiger partial charge is 1.00 e. The van der Waals surface area contributed by atoms with Crippen LogP contribution in [0.3, 0.4) is 0 Å². The van der Waals surface area contributed by atoms with Crippen LogP contribution in [0.4, 0.5) is 0 Å². The van der Waals surface area contributed by atoms with Gasteiger partial charge in [0, 0.05) is 6.08 Å². The zero-order valence-corrected chi connectivity index (χ0v) is 14.6. The first-order valence-electron chi connectivity index (χ1n) is 1.85. The first kappa shape index (κ1) is 29.5. The Hall–Kier alpha value is 2.32. The van der Waals surface area contributed by atoms with Crippen molar-refractivity contribution in [3.8, 4) is 0 Å². The molecule has 0 aromatic carbocycles. The summed E-state index contributed by atoms with van der Waals surface area (Å²) >= 11 is 0. The van der Waals surface area contributed by atoms with Crippen molar-refractivity contribution in [2.45, 2.75) is 0 Å². The molecule has 0 unspecified atom stereocenters. The van der Waals surface area contributed by atoms with Crippen molar-refractivity contribution in [3.05, 3.63) is 12.7 Å². The molecule has 0 radical (unpaired) electrons. The molecule has 0 aromatic rings. The van der Waals surface area contributed by atoms with Crippen molar-refractivity contribution in [1.29, 1.82) is 0 Å². The van der Waals surface area contributed by atoms with E-state index in [2.05, 4.69) is 6.58 Å². The molecule has 0 aliphatic rings. The maximum absolute atomic E-state index is 9.25. The van der Waals surface area contributed by atoms with Crippen LogP contribution in [-0.4, -0.2) is 11.1 Å². The van der Waals surface area contributed by atoms with E-state index < -0.39 is 13.8 Å². The summed E-state index contributed by atoms with van der Waals surface area (Å²) in [6.07, 6.45) is 0.833. The van der Waals surface area contributed by atoms with Crippen LogP contribution in [0.25, 0.3) is 0 Å². The van der Waals surface area contributed by atoms with Gasteiger partial charge in [-0.1, -0.05) is 6.58 Å². The van der Waals surface area contributed by atoms with Gasteiger partial charge in [0.1, 0.15) is 0 Å². The van der Waals surface area contributed by atoms with Gasteiger partial charge in [0.05, 0.1) is 0 Å². The van der Waals surface area contributed by atoms with Crippen molar-refractivity contribution in [3.63, 3.8) is 0 Å². The molecule has 60 valence electrons. The molecular weight excluding hydrogens is 232 g/mol. The molecule has 6 nitrogen and oxygen atoms in total. The Morgan fingerprint density at radius 2 is 1.31 bits per heavy atom. The molecule has 0 saturated heterocycles. The second kappa shape index (κ2) is 16.7. The summed E-state index contributed by atoms with van der Waals surface area (Å²) in [4.78, 5) is 34.9. The second-order valence-corrected chi connectivity index (χ2v) is 1.88. The number of rotatable bonds is 1. The number of aliphatic carboxylic acids is 1. The molecule has 0 aromatic heterocycles. The van der Waals surface area contributed by atoms with Gasteiger partial charge in [-0.25, -0.2) is 4.79 Å². The van der Waals surface area contributed by atoms with Crippen LogP contribution in [0.5, 0.6) is 0 Å². The normalized spacial score (nSPS) is 7.00. The number of carboxylic acid groups (broad SMARTS) is 1. The van der Waals surface area contributed by atoms with Gasteiger partial charge in [-0.05, 0) is 0 Å². The summed E-state index contributed by atoms with van der Waals surface area (Å²) in [7, 11) is -5.39. The monoisotopic (exact) mass is 236 g/mol. The van der Waals surface area contributed by atoms with Crippen molar-refractivity contribution >= 4 is 13.8 Å². The third kappa shape index (κ3) is 116. The molecule has 0 aliphatic heterocycles. The Balaban J connectivity index is -0.0000000267.